The Morgan fingerprint density at radius 1 is 1.33 bits per heavy atom. The van der Waals surface area contributed by atoms with Crippen molar-refractivity contribution in [3.8, 4) is 0 Å². The number of nitrogens with zero attached hydrogens (tertiary/aromatic N) is 1. The Labute approximate surface area is 143 Å². The Hall–Kier alpha value is -2.24. The molecule has 132 valence electrons. The number of primary amides is 1. The highest BCUT2D eigenvalue weighted by molar-refractivity contribution is 5.77. The maximum absolute atomic E-state index is 11.9. The monoisotopic (exact) mass is 333 g/mol. The van der Waals surface area contributed by atoms with E-state index in [0.29, 0.717) is 13.1 Å². The minimum Gasteiger partial charge on any atom is -0.444 e. The molecule has 3 N–H and O–H groups in total. The van der Waals surface area contributed by atoms with Crippen LogP contribution in [-0.2, 0) is 16.1 Å². The molecule has 2 rings (SSSR count). The van der Waals surface area contributed by atoms with Crippen LogP contribution < -0.4 is 16.0 Å². The summed E-state index contributed by atoms with van der Waals surface area (Å²) in [5.74, 6) is -0.366. The average Bonchev–Trinajstić information content (AvgIpc) is 2.51. The lowest BCUT2D eigenvalue weighted by Gasteiger charge is -2.34. The van der Waals surface area contributed by atoms with Crippen LogP contribution >= 0.6 is 0 Å². The summed E-state index contributed by atoms with van der Waals surface area (Å²) in [6.45, 7) is 7.38. The van der Waals surface area contributed by atoms with Gasteiger partial charge in [0.25, 0.3) is 0 Å². The number of amides is 2. The van der Waals surface area contributed by atoms with Crippen LogP contribution in [0.1, 0.15) is 39.2 Å². The van der Waals surface area contributed by atoms with Crippen LogP contribution in [0, 0.1) is 5.92 Å². The summed E-state index contributed by atoms with van der Waals surface area (Å²) in [7, 11) is 0. The van der Waals surface area contributed by atoms with Crippen molar-refractivity contribution in [1.82, 2.24) is 5.32 Å². The number of carbonyl (C=O) groups is 2. The molecule has 1 fully saturated rings. The Bertz CT molecular complexity index is 595. The number of benzene rings is 1. The standard InChI is InChI=1S/C18H27N3O3/c1-18(2,3)24-17(23)20-11-13-7-4-5-9-15(13)21-10-6-8-14(12-21)16(19)22/h4-5,7,9,14H,6,8,10-12H2,1-3H3,(H2,19,22)(H,20,23). The molecule has 0 aromatic heterocycles. The molecule has 1 heterocycles. The molecular formula is C18H27N3O3. The zero-order chi connectivity index (χ0) is 17.7. The summed E-state index contributed by atoms with van der Waals surface area (Å²) >= 11 is 0. The van der Waals surface area contributed by atoms with Crippen molar-refractivity contribution in [3.63, 3.8) is 0 Å². The first kappa shape index (κ1) is 18.1. The molecule has 0 saturated carbocycles. The molecule has 0 spiro atoms. The SMILES string of the molecule is CC(C)(C)OC(=O)NCc1ccccc1N1CCCC(C(N)=O)C1. The minimum atomic E-state index is -0.523. The van der Waals surface area contributed by atoms with Gasteiger partial charge in [-0.1, -0.05) is 18.2 Å². The molecule has 1 aliphatic heterocycles. The number of ether oxygens (including phenoxy) is 1. The van der Waals surface area contributed by atoms with E-state index in [-0.39, 0.29) is 11.8 Å². The molecule has 1 aliphatic rings. The smallest absolute Gasteiger partial charge is 0.407 e. The van der Waals surface area contributed by atoms with E-state index >= 15 is 0 Å². The first-order chi connectivity index (χ1) is 11.3. The second-order valence-corrected chi connectivity index (χ2v) is 7.17. The zero-order valence-electron chi connectivity index (χ0n) is 14.7. The lowest BCUT2D eigenvalue weighted by Crippen LogP contribution is -2.41. The van der Waals surface area contributed by atoms with Gasteiger partial charge < -0.3 is 20.7 Å². The van der Waals surface area contributed by atoms with Crippen LogP contribution in [0.5, 0.6) is 0 Å². The van der Waals surface area contributed by atoms with Crippen molar-refractivity contribution >= 4 is 17.7 Å². The first-order valence-electron chi connectivity index (χ1n) is 8.35. The number of nitrogens with two attached hydrogens (primary N) is 1. The van der Waals surface area contributed by atoms with Crippen LogP contribution in [0.4, 0.5) is 10.5 Å². The number of hydrogen-bond donors (Lipinski definition) is 2. The summed E-state index contributed by atoms with van der Waals surface area (Å²) in [6.07, 6.45) is 1.33. The highest BCUT2D eigenvalue weighted by Crippen LogP contribution is 2.26. The van der Waals surface area contributed by atoms with Gasteiger partial charge in [-0.15, -0.1) is 0 Å². The number of carbonyl (C=O) groups excluding carboxylic acids is 2. The molecule has 1 aromatic carbocycles. The van der Waals surface area contributed by atoms with Crippen LogP contribution in [-0.4, -0.2) is 30.7 Å². The quantitative estimate of drug-likeness (QED) is 0.886. The summed E-state index contributed by atoms with van der Waals surface area (Å²) in [5, 5.41) is 2.79. The molecule has 2 amide bonds. The third-order valence-corrected chi connectivity index (χ3v) is 3.98. The van der Waals surface area contributed by atoms with Crippen LogP contribution in [0.3, 0.4) is 0 Å². The van der Waals surface area contributed by atoms with Gasteiger partial charge in [0.15, 0.2) is 0 Å². The summed E-state index contributed by atoms with van der Waals surface area (Å²) in [4.78, 5) is 25.5. The van der Waals surface area contributed by atoms with E-state index in [1.807, 2.05) is 45.0 Å². The van der Waals surface area contributed by atoms with Crippen LogP contribution in [0.25, 0.3) is 0 Å². The molecule has 1 aromatic rings. The van der Waals surface area contributed by atoms with Crippen molar-refractivity contribution < 1.29 is 14.3 Å². The van der Waals surface area contributed by atoms with Gasteiger partial charge in [-0.2, -0.15) is 0 Å². The number of rotatable bonds is 4. The highest BCUT2D eigenvalue weighted by Gasteiger charge is 2.25. The van der Waals surface area contributed by atoms with Crippen LogP contribution in [0.2, 0.25) is 0 Å². The highest BCUT2D eigenvalue weighted by atomic mass is 16.6. The van der Waals surface area contributed by atoms with Gasteiger partial charge in [-0.05, 0) is 45.2 Å². The van der Waals surface area contributed by atoms with E-state index < -0.39 is 11.7 Å². The number of hydrogen-bond acceptors (Lipinski definition) is 4. The van der Waals surface area contributed by atoms with E-state index in [1.165, 1.54) is 0 Å². The molecule has 1 saturated heterocycles. The summed E-state index contributed by atoms with van der Waals surface area (Å²) in [5.41, 5.74) is 6.96. The topological polar surface area (TPSA) is 84.7 Å². The summed E-state index contributed by atoms with van der Waals surface area (Å²) < 4.78 is 5.27. The van der Waals surface area contributed by atoms with Gasteiger partial charge in [0.1, 0.15) is 5.60 Å². The third kappa shape index (κ3) is 5.15. The van der Waals surface area contributed by atoms with Gasteiger partial charge in [0.2, 0.25) is 5.91 Å². The predicted molar refractivity (Wildman–Crippen MR) is 93.6 cm³/mol. The fraction of sp³-hybridized carbons (Fsp3) is 0.556. The molecule has 6 heteroatoms. The average molecular weight is 333 g/mol. The molecule has 1 atom stereocenters. The van der Waals surface area contributed by atoms with E-state index in [9.17, 15) is 9.59 Å². The number of alkyl carbamates (subject to hydrolysis) is 1. The van der Waals surface area contributed by atoms with E-state index in [1.54, 1.807) is 0 Å². The normalized spacial score (nSPS) is 18.1. The Morgan fingerprint density at radius 3 is 2.71 bits per heavy atom. The van der Waals surface area contributed by atoms with E-state index in [2.05, 4.69) is 10.2 Å². The van der Waals surface area contributed by atoms with Crippen molar-refractivity contribution in [2.45, 2.75) is 45.8 Å². The third-order valence-electron chi connectivity index (χ3n) is 3.98. The van der Waals surface area contributed by atoms with Gasteiger partial charge in [-0.3, -0.25) is 4.79 Å². The number of piperidine rings is 1. The van der Waals surface area contributed by atoms with Crippen molar-refractivity contribution in [2.24, 2.45) is 11.7 Å². The Balaban J connectivity index is 2.04. The molecule has 0 bridgehead atoms. The van der Waals surface area contributed by atoms with Gasteiger partial charge in [0.05, 0.1) is 5.92 Å². The molecule has 0 radical (unpaired) electrons. The van der Waals surface area contributed by atoms with Crippen molar-refractivity contribution in [2.75, 3.05) is 18.0 Å². The van der Waals surface area contributed by atoms with E-state index in [4.69, 9.17) is 10.5 Å². The lowest BCUT2D eigenvalue weighted by atomic mass is 9.96. The molecule has 24 heavy (non-hydrogen) atoms. The Morgan fingerprint density at radius 2 is 2.04 bits per heavy atom. The Kier molecular flexibility index (Phi) is 5.70. The molecule has 1 unspecified atom stereocenters. The molecular weight excluding hydrogens is 306 g/mol. The number of nitrogens with one attached hydrogen (secondary N) is 1. The first-order valence-corrected chi connectivity index (χ1v) is 8.35. The number of anilines is 1. The zero-order valence-corrected chi connectivity index (χ0v) is 14.7. The fourth-order valence-corrected chi connectivity index (χ4v) is 2.88. The minimum absolute atomic E-state index is 0.120. The molecule has 0 aliphatic carbocycles. The van der Waals surface area contributed by atoms with Crippen LogP contribution in [0.15, 0.2) is 24.3 Å². The summed E-state index contributed by atoms with van der Waals surface area (Å²) in [6, 6.07) is 7.88. The molecule has 6 nitrogen and oxygen atoms in total. The van der Waals surface area contributed by atoms with Gasteiger partial charge in [-0.25, -0.2) is 4.79 Å². The van der Waals surface area contributed by atoms with Gasteiger partial charge in [0, 0.05) is 25.3 Å². The maximum Gasteiger partial charge on any atom is 0.407 e. The van der Waals surface area contributed by atoms with Gasteiger partial charge >= 0.3 is 6.09 Å². The largest absolute Gasteiger partial charge is 0.444 e. The van der Waals surface area contributed by atoms with Crippen molar-refractivity contribution in [3.05, 3.63) is 29.8 Å². The predicted octanol–water partition coefficient (Wildman–Crippen LogP) is 2.41. The second kappa shape index (κ2) is 7.55. The number of para-hydroxylation sites is 1. The second-order valence-electron chi connectivity index (χ2n) is 7.17. The van der Waals surface area contributed by atoms with Crippen molar-refractivity contribution in [1.29, 1.82) is 0 Å². The van der Waals surface area contributed by atoms with E-state index in [0.717, 1.165) is 30.6 Å². The maximum atomic E-state index is 11.9. The lowest BCUT2D eigenvalue weighted by molar-refractivity contribution is -0.122. The fourth-order valence-electron chi connectivity index (χ4n) is 2.88.